The second-order valence-corrected chi connectivity index (χ2v) is 8.05. The van der Waals surface area contributed by atoms with Gasteiger partial charge in [0.05, 0.1) is 7.11 Å². The Kier molecular flexibility index (Phi) is 6.72. The summed E-state index contributed by atoms with van der Waals surface area (Å²) in [5.74, 6) is -5.20. The average molecular weight is 506 g/mol. The van der Waals surface area contributed by atoms with E-state index in [-0.39, 0.29) is 16.9 Å². The fourth-order valence-electron chi connectivity index (χ4n) is 3.91. The average Bonchev–Trinajstić information content (AvgIpc) is 3.04. The standard InChI is InChI=1S/C21H20F6N4O4/c1-9-15(11-8-30-14(20(22,23)24)7-13(11)34-3)16(35-19(9,2)21(25,26)27)18(33)31-10-4-5-29-12(6-10)17(28)32/h4-9,15-16H,1-3H3,(H2,28,32)(H,29,31,33). The van der Waals surface area contributed by atoms with Crippen molar-refractivity contribution < 1.29 is 45.4 Å². The molecular weight excluding hydrogens is 486 g/mol. The zero-order valence-corrected chi connectivity index (χ0v) is 18.5. The maximum absolute atomic E-state index is 14.0. The van der Waals surface area contributed by atoms with Gasteiger partial charge in [0.2, 0.25) is 0 Å². The highest BCUT2D eigenvalue weighted by atomic mass is 19.4. The van der Waals surface area contributed by atoms with Crippen LogP contribution in [0.1, 0.15) is 41.5 Å². The monoisotopic (exact) mass is 506 g/mol. The van der Waals surface area contributed by atoms with Crippen molar-refractivity contribution in [3.05, 3.63) is 47.5 Å². The van der Waals surface area contributed by atoms with Crippen LogP contribution < -0.4 is 15.8 Å². The highest BCUT2D eigenvalue weighted by Gasteiger charge is 2.66. The number of carbonyl (C=O) groups excluding carboxylic acids is 2. The lowest BCUT2D eigenvalue weighted by atomic mass is 9.77. The number of ether oxygens (including phenoxy) is 2. The maximum Gasteiger partial charge on any atom is 0.433 e. The number of nitrogens with two attached hydrogens (primary N) is 1. The van der Waals surface area contributed by atoms with E-state index in [0.29, 0.717) is 6.07 Å². The van der Waals surface area contributed by atoms with E-state index in [0.717, 1.165) is 32.5 Å². The molecule has 2 amide bonds. The molecule has 1 aliphatic heterocycles. The van der Waals surface area contributed by atoms with Gasteiger partial charge in [-0.05, 0) is 19.1 Å². The summed E-state index contributed by atoms with van der Waals surface area (Å²) in [6.07, 6.45) is -9.70. The minimum atomic E-state index is -4.93. The third-order valence-corrected chi connectivity index (χ3v) is 5.97. The molecular formula is C21H20F6N4O4. The SMILES string of the molecule is COc1cc(C(F)(F)F)ncc1C1C(C(=O)Nc2ccnc(C(N)=O)c2)OC(C)(C(F)(F)F)C1C. The Balaban J connectivity index is 2.07. The predicted molar refractivity (Wildman–Crippen MR) is 108 cm³/mol. The number of carbonyl (C=O) groups is 2. The Morgan fingerprint density at radius 2 is 1.83 bits per heavy atom. The normalized spacial score (nSPS) is 24.8. The summed E-state index contributed by atoms with van der Waals surface area (Å²) >= 11 is 0. The molecule has 3 rings (SSSR count). The molecule has 14 heteroatoms. The van der Waals surface area contributed by atoms with Crippen LogP contribution >= 0.6 is 0 Å². The maximum atomic E-state index is 14.0. The summed E-state index contributed by atoms with van der Waals surface area (Å²) in [4.78, 5) is 31.4. The number of rotatable bonds is 5. The fourth-order valence-corrected chi connectivity index (χ4v) is 3.91. The molecule has 4 atom stereocenters. The van der Waals surface area contributed by atoms with E-state index in [1.165, 1.54) is 13.0 Å². The number of pyridine rings is 2. The van der Waals surface area contributed by atoms with Crippen molar-refractivity contribution in [2.24, 2.45) is 11.7 Å². The van der Waals surface area contributed by atoms with Crippen LogP contribution in [0.15, 0.2) is 30.6 Å². The van der Waals surface area contributed by atoms with Gasteiger partial charge in [0.25, 0.3) is 11.8 Å². The molecule has 1 fully saturated rings. The molecule has 2 aromatic rings. The third-order valence-electron chi connectivity index (χ3n) is 5.97. The summed E-state index contributed by atoms with van der Waals surface area (Å²) in [6, 6.07) is 2.92. The Bertz CT molecular complexity index is 1140. The van der Waals surface area contributed by atoms with Gasteiger partial charge in [-0.3, -0.25) is 19.6 Å². The van der Waals surface area contributed by atoms with Crippen LogP contribution in [-0.2, 0) is 15.7 Å². The highest BCUT2D eigenvalue weighted by Crippen LogP contribution is 2.54. The molecule has 3 heterocycles. The molecule has 0 bridgehead atoms. The second-order valence-electron chi connectivity index (χ2n) is 8.05. The summed E-state index contributed by atoms with van der Waals surface area (Å²) in [7, 11) is 1.04. The first-order valence-electron chi connectivity index (χ1n) is 10.0. The molecule has 2 aromatic heterocycles. The van der Waals surface area contributed by atoms with E-state index >= 15 is 0 Å². The Morgan fingerprint density at radius 3 is 2.37 bits per heavy atom. The molecule has 3 N–H and O–H groups in total. The molecule has 190 valence electrons. The van der Waals surface area contributed by atoms with Crippen LogP contribution in [0.3, 0.4) is 0 Å². The van der Waals surface area contributed by atoms with Crippen molar-refractivity contribution in [3.8, 4) is 5.75 Å². The van der Waals surface area contributed by atoms with Crippen molar-refractivity contribution in [3.63, 3.8) is 0 Å². The van der Waals surface area contributed by atoms with Crippen LogP contribution in [0.2, 0.25) is 0 Å². The molecule has 0 aromatic carbocycles. The molecule has 0 aliphatic carbocycles. The van der Waals surface area contributed by atoms with Crippen molar-refractivity contribution in [1.82, 2.24) is 9.97 Å². The number of methoxy groups -OCH3 is 1. The van der Waals surface area contributed by atoms with E-state index in [1.807, 2.05) is 0 Å². The van der Waals surface area contributed by atoms with E-state index in [9.17, 15) is 35.9 Å². The summed E-state index contributed by atoms with van der Waals surface area (Å²) in [5.41, 5.74) is 0.602. The third kappa shape index (κ3) is 4.88. The first kappa shape index (κ1) is 26.2. The van der Waals surface area contributed by atoms with Crippen molar-refractivity contribution in [1.29, 1.82) is 0 Å². The van der Waals surface area contributed by atoms with Gasteiger partial charge >= 0.3 is 12.4 Å². The lowest BCUT2D eigenvalue weighted by Gasteiger charge is -2.31. The topological polar surface area (TPSA) is 116 Å². The largest absolute Gasteiger partial charge is 0.496 e. The molecule has 8 nitrogen and oxygen atoms in total. The van der Waals surface area contributed by atoms with Gasteiger partial charge in [-0.2, -0.15) is 26.3 Å². The number of hydrogen-bond acceptors (Lipinski definition) is 6. The lowest BCUT2D eigenvalue weighted by molar-refractivity contribution is -0.272. The molecule has 0 spiro atoms. The molecule has 1 saturated heterocycles. The Labute approximate surface area is 194 Å². The number of hydrogen-bond donors (Lipinski definition) is 2. The van der Waals surface area contributed by atoms with E-state index in [1.54, 1.807) is 0 Å². The number of amides is 2. The number of alkyl halides is 6. The van der Waals surface area contributed by atoms with Gasteiger partial charge < -0.3 is 20.5 Å². The van der Waals surface area contributed by atoms with Gasteiger partial charge in [0.1, 0.15) is 23.2 Å². The summed E-state index contributed by atoms with van der Waals surface area (Å²) in [6.45, 7) is 1.92. The number of halogens is 6. The number of nitrogens with zero attached hydrogens (tertiary/aromatic N) is 2. The number of primary amides is 1. The number of anilines is 1. The van der Waals surface area contributed by atoms with E-state index in [4.69, 9.17) is 15.2 Å². The van der Waals surface area contributed by atoms with Gasteiger partial charge in [-0.1, -0.05) is 6.92 Å². The van der Waals surface area contributed by atoms with Gasteiger partial charge in [-0.25, -0.2) is 0 Å². The Morgan fingerprint density at radius 1 is 1.17 bits per heavy atom. The van der Waals surface area contributed by atoms with Crippen molar-refractivity contribution >= 4 is 17.5 Å². The van der Waals surface area contributed by atoms with Crippen LogP contribution in [-0.4, -0.2) is 46.8 Å². The summed E-state index contributed by atoms with van der Waals surface area (Å²) < 4.78 is 91.5. The van der Waals surface area contributed by atoms with Crippen LogP contribution in [0.5, 0.6) is 5.75 Å². The lowest BCUT2D eigenvalue weighted by Crippen LogP contribution is -2.47. The van der Waals surface area contributed by atoms with E-state index in [2.05, 4.69) is 15.3 Å². The molecule has 1 aliphatic rings. The van der Waals surface area contributed by atoms with Gasteiger partial charge in [0.15, 0.2) is 5.60 Å². The number of aromatic nitrogens is 2. The molecule has 4 unspecified atom stereocenters. The van der Waals surface area contributed by atoms with Gasteiger partial charge in [-0.15, -0.1) is 0 Å². The van der Waals surface area contributed by atoms with Crippen LogP contribution in [0.4, 0.5) is 32.0 Å². The smallest absolute Gasteiger partial charge is 0.433 e. The minimum Gasteiger partial charge on any atom is -0.496 e. The van der Waals surface area contributed by atoms with Crippen molar-refractivity contribution in [2.45, 2.75) is 43.8 Å². The van der Waals surface area contributed by atoms with E-state index < -0.39 is 59.2 Å². The molecule has 0 saturated carbocycles. The Hall–Kier alpha value is -3.42. The zero-order valence-electron chi connectivity index (χ0n) is 18.5. The van der Waals surface area contributed by atoms with Crippen LogP contribution in [0.25, 0.3) is 0 Å². The summed E-state index contributed by atoms with van der Waals surface area (Å²) in [5, 5.41) is 2.34. The minimum absolute atomic E-state index is 0.00748. The first-order valence-corrected chi connectivity index (χ1v) is 10.0. The highest BCUT2D eigenvalue weighted by molar-refractivity contribution is 5.97. The quantitative estimate of drug-likeness (QED) is 0.598. The molecule has 0 radical (unpaired) electrons. The molecule has 35 heavy (non-hydrogen) atoms. The first-order chi connectivity index (χ1) is 16.1. The van der Waals surface area contributed by atoms with Crippen molar-refractivity contribution in [2.75, 3.05) is 12.4 Å². The fraction of sp³-hybridized carbons (Fsp3) is 0.429. The number of nitrogens with one attached hydrogen (secondary N) is 1. The zero-order chi connectivity index (χ0) is 26.3. The van der Waals surface area contributed by atoms with Gasteiger partial charge in [0, 0.05) is 41.5 Å². The second kappa shape index (κ2) is 8.98. The van der Waals surface area contributed by atoms with Crippen LogP contribution in [0, 0.1) is 5.92 Å². The predicted octanol–water partition coefficient (Wildman–Crippen LogP) is 3.68.